The van der Waals surface area contributed by atoms with Crippen molar-refractivity contribution in [2.75, 3.05) is 6.26 Å². The molecule has 6 nitrogen and oxygen atoms in total. The van der Waals surface area contributed by atoms with E-state index in [1.165, 1.54) is 19.6 Å². The number of aromatic hydroxyl groups is 1. The molecular formula is C16H19ClF3N3O3S. The molecule has 1 aromatic heterocycles. The molecule has 11 heteroatoms. The summed E-state index contributed by atoms with van der Waals surface area (Å²) in [5.41, 5.74) is -1.02. The second-order valence-electron chi connectivity index (χ2n) is 5.44. The summed E-state index contributed by atoms with van der Waals surface area (Å²) in [6.07, 6.45) is -1.14. The Balaban J connectivity index is 0.00000114. The molecule has 2 N–H and O–H groups in total. The average Bonchev–Trinajstić information content (AvgIpc) is 2.83. The van der Waals surface area contributed by atoms with Gasteiger partial charge in [-0.25, -0.2) is 4.68 Å². The van der Waals surface area contributed by atoms with Crippen LogP contribution in [0.2, 0.25) is 5.02 Å². The van der Waals surface area contributed by atoms with Gasteiger partial charge in [-0.2, -0.15) is 18.3 Å². The van der Waals surface area contributed by atoms with Crippen molar-refractivity contribution in [3.05, 3.63) is 34.1 Å². The molecule has 2 rings (SSSR count). The van der Waals surface area contributed by atoms with E-state index >= 15 is 0 Å². The number of rotatable bonds is 3. The van der Waals surface area contributed by atoms with Crippen molar-refractivity contribution in [1.29, 1.82) is 0 Å². The van der Waals surface area contributed by atoms with Gasteiger partial charge in [0.2, 0.25) is 0 Å². The molecular weight excluding hydrogens is 407 g/mol. The Labute approximate surface area is 161 Å². The smallest absolute Gasteiger partial charge is 0.416 e. The largest absolute Gasteiger partial charge is 0.506 e. The van der Waals surface area contributed by atoms with Gasteiger partial charge in [0.25, 0.3) is 0 Å². The van der Waals surface area contributed by atoms with Gasteiger partial charge in [-0.1, -0.05) is 37.0 Å². The van der Waals surface area contributed by atoms with Crippen molar-refractivity contribution < 1.29 is 27.7 Å². The minimum atomic E-state index is -4.68. The molecule has 0 fully saturated rings. The Bertz CT molecular complexity index is 844. The minimum absolute atomic E-state index is 0.0335. The Kier molecular flexibility index (Phi) is 7.85. The highest BCUT2D eigenvalue weighted by atomic mass is 35.5. The summed E-state index contributed by atoms with van der Waals surface area (Å²) in [4.78, 5) is 0.197. The van der Waals surface area contributed by atoms with E-state index < -0.39 is 33.3 Å². The van der Waals surface area contributed by atoms with E-state index in [0.29, 0.717) is 12.1 Å². The first kappa shape index (κ1) is 23.0. The molecule has 1 unspecified atom stereocenters. The molecule has 0 spiro atoms. The maximum Gasteiger partial charge on any atom is 0.416 e. The Morgan fingerprint density at radius 1 is 1.37 bits per heavy atom. The zero-order valence-electron chi connectivity index (χ0n) is 15.0. The van der Waals surface area contributed by atoms with Crippen LogP contribution in [-0.4, -0.2) is 36.8 Å². The van der Waals surface area contributed by atoms with E-state index in [1.54, 1.807) is 0 Å². The van der Waals surface area contributed by atoms with Crippen molar-refractivity contribution >= 4 is 28.6 Å². The fraction of sp³-hybridized carbons (Fsp3) is 0.375. The van der Waals surface area contributed by atoms with Crippen molar-refractivity contribution in [3.8, 4) is 11.4 Å². The van der Waals surface area contributed by atoms with Crippen LogP contribution in [0.15, 0.2) is 22.2 Å². The van der Waals surface area contributed by atoms with Gasteiger partial charge in [-0.3, -0.25) is 4.21 Å². The fourth-order valence-corrected chi connectivity index (χ4v) is 3.36. The van der Waals surface area contributed by atoms with Gasteiger partial charge in [-0.05, 0) is 19.1 Å². The maximum absolute atomic E-state index is 12.8. The topological polar surface area (TPSA) is 87.7 Å². The maximum atomic E-state index is 12.8. The number of phenolic OH excluding ortho intramolecular Hbond substituents is 1. The van der Waals surface area contributed by atoms with Gasteiger partial charge in [0, 0.05) is 6.26 Å². The molecule has 0 radical (unpaired) electrons. The van der Waals surface area contributed by atoms with Crippen LogP contribution in [0.4, 0.5) is 13.2 Å². The van der Waals surface area contributed by atoms with Crippen molar-refractivity contribution in [2.45, 2.75) is 38.3 Å². The van der Waals surface area contributed by atoms with Gasteiger partial charge >= 0.3 is 6.18 Å². The molecule has 0 aliphatic carbocycles. The summed E-state index contributed by atoms with van der Waals surface area (Å²) in [6.45, 7) is 5.74. The molecule has 27 heavy (non-hydrogen) atoms. The number of aromatic nitrogens is 2. The lowest BCUT2D eigenvalue weighted by molar-refractivity contribution is -0.137. The predicted molar refractivity (Wildman–Crippen MR) is 97.7 cm³/mol. The minimum Gasteiger partial charge on any atom is -0.506 e. The van der Waals surface area contributed by atoms with Crippen LogP contribution in [0.3, 0.4) is 0 Å². The van der Waals surface area contributed by atoms with Crippen LogP contribution in [-0.2, 0) is 17.0 Å². The quantitative estimate of drug-likeness (QED) is 0.430. The van der Waals surface area contributed by atoms with E-state index in [9.17, 15) is 22.5 Å². The number of hydrogen-bond donors (Lipinski definition) is 2. The summed E-state index contributed by atoms with van der Waals surface area (Å²) in [6, 6.07) is 1.17. The summed E-state index contributed by atoms with van der Waals surface area (Å²) >= 11 is 5.89. The number of oxime groups is 1. The van der Waals surface area contributed by atoms with Crippen LogP contribution in [0.5, 0.6) is 5.75 Å². The van der Waals surface area contributed by atoms with Crippen molar-refractivity contribution in [3.63, 3.8) is 0 Å². The molecule has 0 bridgehead atoms. The Hall–Kier alpha value is -2.07. The second-order valence-corrected chi connectivity index (χ2v) is 7.16. The lowest BCUT2D eigenvalue weighted by atomic mass is 10.1. The van der Waals surface area contributed by atoms with Crippen LogP contribution in [0.25, 0.3) is 5.69 Å². The standard InChI is InChI=1S/C13H11ClF3N3O3S.C3H8/c1-6-12(24(2)23)9(5-18-22)19-20(6)11-8(14)3-7(4-10(11)21)13(15,16)17;1-3-2/h3-5,21-22H,1-2H3;3H2,1-2H3/b18-5+;. The Morgan fingerprint density at radius 3 is 2.33 bits per heavy atom. The second kappa shape index (κ2) is 9.23. The van der Waals surface area contributed by atoms with Crippen LogP contribution in [0.1, 0.15) is 37.2 Å². The van der Waals surface area contributed by atoms with Gasteiger partial charge < -0.3 is 10.3 Å². The van der Waals surface area contributed by atoms with Gasteiger partial charge in [-0.15, -0.1) is 0 Å². The molecule has 0 saturated heterocycles. The molecule has 0 aliphatic heterocycles. The summed E-state index contributed by atoms with van der Waals surface area (Å²) in [7, 11) is -1.53. The summed E-state index contributed by atoms with van der Waals surface area (Å²) in [5.74, 6) is -0.749. The van der Waals surface area contributed by atoms with Crippen molar-refractivity contribution in [1.82, 2.24) is 9.78 Å². The third kappa shape index (κ3) is 5.23. The number of hydrogen-bond acceptors (Lipinski definition) is 5. The van der Waals surface area contributed by atoms with E-state index in [1.807, 2.05) is 0 Å². The number of nitrogens with zero attached hydrogens (tertiary/aromatic N) is 3. The van der Waals surface area contributed by atoms with Crippen LogP contribution < -0.4 is 0 Å². The highest BCUT2D eigenvalue weighted by Gasteiger charge is 2.33. The Morgan fingerprint density at radius 2 is 1.93 bits per heavy atom. The number of alkyl halides is 3. The fourth-order valence-electron chi connectivity index (χ4n) is 2.18. The SMILES string of the molecule is CCC.Cc1c(S(C)=O)c(/C=N/O)nn1-c1c(O)cc(C(F)(F)F)cc1Cl. The lowest BCUT2D eigenvalue weighted by Crippen LogP contribution is -2.07. The zero-order chi connectivity index (χ0) is 20.9. The third-order valence-corrected chi connectivity index (χ3v) is 4.50. The molecule has 1 heterocycles. The monoisotopic (exact) mass is 425 g/mol. The van der Waals surface area contributed by atoms with Crippen LogP contribution in [0, 0.1) is 6.92 Å². The molecule has 0 aliphatic rings. The normalized spacial score (nSPS) is 12.7. The molecule has 0 saturated carbocycles. The first-order valence-electron chi connectivity index (χ1n) is 7.70. The molecule has 150 valence electrons. The first-order chi connectivity index (χ1) is 12.5. The lowest BCUT2D eigenvalue weighted by Gasteiger charge is -2.13. The van der Waals surface area contributed by atoms with E-state index in [-0.39, 0.29) is 22.0 Å². The van der Waals surface area contributed by atoms with Gasteiger partial charge in [0.05, 0.1) is 38.2 Å². The van der Waals surface area contributed by atoms with Crippen LogP contribution >= 0.6 is 11.6 Å². The summed E-state index contributed by atoms with van der Waals surface area (Å²) < 4.78 is 51.2. The average molecular weight is 426 g/mol. The van der Waals surface area contributed by atoms with E-state index in [4.69, 9.17) is 16.8 Å². The number of benzene rings is 1. The number of halogens is 4. The van der Waals surface area contributed by atoms with Gasteiger partial charge in [0.1, 0.15) is 17.1 Å². The zero-order valence-corrected chi connectivity index (χ0v) is 16.6. The summed E-state index contributed by atoms with van der Waals surface area (Å²) in [5, 5.41) is 25.0. The van der Waals surface area contributed by atoms with Crippen molar-refractivity contribution in [2.24, 2.45) is 5.16 Å². The predicted octanol–water partition coefficient (Wildman–Crippen LogP) is 4.52. The molecule has 1 aromatic carbocycles. The first-order valence-corrected chi connectivity index (χ1v) is 9.63. The number of phenols is 1. The molecule has 1 atom stereocenters. The highest BCUT2D eigenvalue weighted by Crippen LogP contribution is 2.39. The molecule has 2 aromatic rings. The third-order valence-electron chi connectivity index (χ3n) is 3.14. The van der Waals surface area contributed by atoms with Gasteiger partial charge in [0.15, 0.2) is 0 Å². The highest BCUT2D eigenvalue weighted by molar-refractivity contribution is 7.84. The van der Waals surface area contributed by atoms with E-state index in [0.717, 1.165) is 10.9 Å². The van der Waals surface area contributed by atoms with E-state index in [2.05, 4.69) is 24.1 Å². The molecule has 0 amide bonds.